The number of benzene rings is 3. The summed E-state index contributed by atoms with van der Waals surface area (Å²) in [5.74, 6) is 6.11. The second kappa shape index (κ2) is 6.27. The second-order valence-electron chi connectivity index (χ2n) is 5.35. The van der Waals surface area contributed by atoms with Crippen LogP contribution in [0.2, 0.25) is 0 Å². The maximum atomic E-state index is 9.91. The minimum Gasteiger partial charge on any atom is -0.506 e. The van der Waals surface area contributed by atoms with Gasteiger partial charge in [0.1, 0.15) is 11.5 Å². The van der Waals surface area contributed by atoms with Crippen molar-refractivity contribution in [3.05, 3.63) is 71.8 Å². The molecule has 3 rings (SSSR count). The lowest BCUT2D eigenvalue weighted by molar-refractivity contribution is 0.477. The van der Waals surface area contributed by atoms with Crippen LogP contribution in [-0.2, 0) is 0 Å². The van der Waals surface area contributed by atoms with E-state index in [1.54, 1.807) is 18.2 Å². The summed E-state index contributed by atoms with van der Waals surface area (Å²) < 4.78 is 0. The zero-order chi connectivity index (χ0) is 17.1. The fraction of sp³-hybridized carbons (Fsp3) is 0. The van der Waals surface area contributed by atoms with E-state index in [1.165, 1.54) is 12.1 Å². The molecule has 4 heteroatoms. The van der Waals surface area contributed by atoms with E-state index in [4.69, 9.17) is 11.5 Å². The Labute approximate surface area is 140 Å². The molecule has 0 aromatic heterocycles. The predicted octanol–water partition coefficient (Wildman–Crippen LogP) is 3.33. The Kier molecular flexibility index (Phi) is 4.00. The molecule has 0 aliphatic carbocycles. The third-order valence-electron chi connectivity index (χ3n) is 3.62. The molecule has 0 fully saturated rings. The Hall–Kier alpha value is -3.58. The third kappa shape index (κ3) is 3.11. The van der Waals surface area contributed by atoms with Crippen LogP contribution in [0, 0.1) is 11.8 Å². The van der Waals surface area contributed by atoms with Crippen molar-refractivity contribution in [2.24, 2.45) is 0 Å². The van der Waals surface area contributed by atoms with E-state index in [1.807, 2.05) is 30.3 Å². The van der Waals surface area contributed by atoms with Crippen molar-refractivity contribution >= 4 is 11.4 Å². The van der Waals surface area contributed by atoms with E-state index < -0.39 is 0 Å². The highest BCUT2D eigenvalue weighted by atomic mass is 16.3. The van der Waals surface area contributed by atoms with Crippen LogP contribution in [0.25, 0.3) is 11.1 Å². The lowest BCUT2D eigenvalue weighted by atomic mass is 9.97. The molecule has 0 atom stereocenters. The van der Waals surface area contributed by atoms with Crippen LogP contribution in [0.3, 0.4) is 0 Å². The Balaban J connectivity index is 2.13. The Morgan fingerprint density at radius 3 is 2.12 bits per heavy atom. The summed E-state index contributed by atoms with van der Waals surface area (Å²) in [4.78, 5) is 0. The first-order valence-corrected chi connectivity index (χ1v) is 7.33. The highest BCUT2D eigenvalue weighted by Gasteiger charge is 2.10. The van der Waals surface area contributed by atoms with E-state index in [0.29, 0.717) is 5.56 Å². The van der Waals surface area contributed by atoms with Crippen molar-refractivity contribution in [2.45, 2.75) is 0 Å². The van der Waals surface area contributed by atoms with Crippen molar-refractivity contribution < 1.29 is 10.2 Å². The fourth-order valence-electron chi connectivity index (χ4n) is 2.33. The van der Waals surface area contributed by atoms with Gasteiger partial charge in [0.2, 0.25) is 0 Å². The topological polar surface area (TPSA) is 92.5 Å². The molecule has 0 unspecified atom stereocenters. The summed E-state index contributed by atoms with van der Waals surface area (Å²) in [7, 11) is 0. The van der Waals surface area contributed by atoms with Crippen molar-refractivity contribution in [3.63, 3.8) is 0 Å². The average molecular weight is 316 g/mol. The number of nitrogens with two attached hydrogens (primary N) is 2. The van der Waals surface area contributed by atoms with Crippen LogP contribution in [0.15, 0.2) is 60.7 Å². The summed E-state index contributed by atoms with van der Waals surface area (Å²) >= 11 is 0. The number of aromatic hydroxyl groups is 2. The number of phenols is 2. The van der Waals surface area contributed by atoms with E-state index in [0.717, 1.165) is 16.7 Å². The Morgan fingerprint density at radius 2 is 1.42 bits per heavy atom. The van der Waals surface area contributed by atoms with Crippen molar-refractivity contribution in [2.75, 3.05) is 11.5 Å². The van der Waals surface area contributed by atoms with Gasteiger partial charge in [-0.3, -0.25) is 0 Å². The van der Waals surface area contributed by atoms with E-state index in [9.17, 15) is 10.2 Å². The van der Waals surface area contributed by atoms with E-state index in [2.05, 4.69) is 11.8 Å². The maximum Gasteiger partial charge on any atom is 0.139 e. The van der Waals surface area contributed by atoms with Gasteiger partial charge < -0.3 is 21.7 Å². The zero-order valence-electron chi connectivity index (χ0n) is 12.8. The summed E-state index contributed by atoms with van der Waals surface area (Å²) in [6.07, 6.45) is 0. The molecule has 0 saturated heterocycles. The third-order valence-corrected chi connectivity index (χ3v) is 3.62. The minimum absolute atomic E-state index is 0.0161. The number of anilines is 2. The molecule has 3 aromatic carbocycles. The van der Waals surface area contributed by atoms with Crippen LogP contribution in [0.1, 0.15) is 11.1 Å². The van der Waals surface area contributed by atoms with Crippen molar-refractivity contribution in [1.82, 2.24) is 0 Å². The van der Waals surface area contributed by atoms with Gasteiger partial charge in [-0.15, -0.1) is 0 Å². The smallest absolute Gasteiger partial charge is 0.139 e. The second-order valence-corrected chi connectivity index (χ2v) is 5.35. The Bertz CT molecular complexity index is 955. The SMILES string of the molecule is Nc1cc(-c2cc(N)c(O)cc2C#Cc2ccccc2)ccc1O. The van der Waals surface area contributed by atoms with Gasteiger partial charge in [0.15, 0.2) is 0 Å². The molecule has 0 bridgehead atoms. The van der Waals surface area contributed by atoms with Gasteiger partial charge in [-0.2, -0.15) is 0 Å². The standard InChI is InChI=1S/C20H16N2O2/c21-17-10-14(8-9-19(17)23)16-12-18(22)20(24)11-15(16)7-6-13-4-2-1-3-5-13/h1-5,8-12,23-24H,21-22H2. The number of rotatable bonds is 1. The summed E-state index contributed by atoms with van der Waals surface area (Å²) in [6.45, 7) is 0. The van der Waals surface area contributed by atoms with Gasteiger partial charge >= 0.3 is 0 Å². The molecule has 0 amide bonds. The Morgan fingerprint density at radius 1 is 0.708 bits per heavy atom. The molecule has 0 aliphatic heterocycles. The predicted molar refractivity (Wildman–Crippen MR) is 96.5 cm³/mol. The van der Waals surface area contributed by atoms with Crippen molar-refractivity contribution in [1.29, 1.82) is 0 Å². The quantitative estimate of drug-likeness (QED) is 0.315. The van der Waals surface area contributed by atoms with Crippen LogP contribution in [0.4, 0.5) is 11.4 Å². The normalized spacial score (nSPS) is 10.0. The highest BCUT2D eigenvalue weighted by molar-refractivity contribution is 5.80. The van der Waals surface area contributed by atoms with Crippen LogP contribution in [-0.4, -0.2) is 10.2 Å². The largest absolute Gasteiger partial charge is 0.506 e. The molecule has 0 heterocycles. The molecule has 3 aromatic rings. The molecule has 0 spiro atoms. The minimum atomic E-state index is -0.0251. The number of hydrogen-bond donors (Lipinski definition) is 4. The molecule has 6 N–H and O–H groups in total. The van der Waals surface area contributed by atoms with Crippen LogP contribution < -0.4 is 11.5 Å². The van der Waals surface area contributed by atoms with Gasteiger partial charge in [0.25, 0.3) is 0 Å². The van der Waals surface area contributed by atoms with Gasteiger partial charge in [-0.05, 0) is 47.5 Å². The molecule has 24 heavy (non-hydrogen) atoms. The first-order chi connectivity index (χ1) is 11.5. The molecule has 0 radical (unpaired) electrons. The molecular formula is C20H16N2O2. The van der Waals surface area contributed by atoms with Gasteiger partial charge in [-0.1, -0.05) is 36.1 Å². The number of hydrogen-bond acceptors (Lipinski definition) is 4. The maximum absolute atomic E-state index is 9.91. The summed E-state index contributed by atoms with van der Waals surface area (Å²) in [6, 6.07) is 17.6. The zero-order valence-corrected chi connectivity index (χ0v) is 12.8. The highest BCUT2D eigenvalue weighted by Crippen LogP contribution is 2.34. The summed E-state index contributed by atoms with van der Waals surface area (Å²) in [5, 5.41) is 19.5. The average Bonchev–Trinajstić information content (AvgIpc) is 2.59. The lowest BCUT2D eigenvalue weighted by Gasteiger charge is -2.10. The monoisotopic (exact) mass is 316 g/mol. The van der Waals surface area contributed by atoms with Gasteiger partial charge in [0.05, 0.1) is 11.4 Å². The fourth-order valence-corrected chi connectivity index (χ4v) is 2.33. The molecular weight excluding hydrogens is 300 g/mol. The molecule has 118 valence electrons. The molecule has 0 saturated carbocycles. The number of phenolic OH excluding ortho intramolecular Hbond substituents is 2. The van der Waals surface area contributed by atoms with Gasteiger partial charge in [0, 0.05) is 11.1 Å². The summed E-state index contributed by atoms with van der Waals surface area (Å²) in [5.41, 5.74) is 15.1. The van der Waals surface area contributed by atoms with E-state index >= 15 is 0 Å². The number of nitrogen functional groups attached to an aromatic ring is 2. The lowest BCUT2D eigenvalue weighted by Crippen LogP contribution is -1.93. The van der Waals surface area contributed by atoms with E-state index in [-0.39, 0.29) is 22.9 Å². The first kappa shape index (κ1) is 15.3. The molecule has 0 aliphatic rings. The van der Waals surface area contributed by atoms with Gasteiger partial charge in [-0.25, -0.2) is 0 Å². The van der Waals surface area contributed by atoms with Crippen LogP contribution in [0.5, 0.6) is 11.5 Å². The first-order valence-electron chi connectivity index (χ1n) is 7.33. The van der Waals surface area contributed by atoms with Crippen LogP contribution >= 0.6 is 0 Å². The van der Waals surface area contributed by atoms with Crippen molar-refractivity contribution in [3.8, 4) is 34.5 Å². The molecule has 4 nitrogen and oxygen atoms in total.